The molecule has 0 aromatic carbocycles. The molecular weight excluding hydrogens is 356 g/mol. The minimum atomic E-state index is -0.604. The van der Waals surface area contributed by atoms with Crippen molar-refractivity contribution in [2.75, 3.05) is 0 Å². The number of hydrogen-bond donors (Lipinski definition) is 0. The molecule has 0 fully saturated rings. The molecule has 0 spiro atoms. The summed E-state index contributed by atoms with van der Waals surface area (Å²) < 4.78 is 0. The average Bonchev–Trinajstić information content (AvgIpc) is 0.811. The van der Waals surface area contributed by atoms with Gasteiger partial charge in [0.15, 0.2) is 0 Å². The predicted octanol–water partition coefficient (Wildman–Crippen LogP) is -0.765. The van der Waals surface area contributed by atoms with E-state index in [4.69, 9.17) is 0 Å². The molecule has 8 heavy (non-hydrogen) atoms. The van der Waals surface area contributed by atoms with E-state index in [9.17, 15) is 0 Å². The maximum atomic E-state index is 3.23. The summed E-state index contributed by atoms with van der Waals surface area (Å²) in [5, 5.41) is 0. The van der Waals surface area contributed by atoms with Crippen LogP contribution in [-0.2, 0) is 8.67 Å². The topological polar surface area (TPSA) is 126 Å². The Morgan fingerprint density at radius 1 is 0.625 bits per heavy atom. The van der Waals surface area contributed by atoms with Gasteiger partial charge in [-0.05, 0) is 0 Å². The molecule has 59 valence electrons. The summed E-state index contributed by atoms with van der Waals surface area (Å²) >= 11 is 9.69. The molecule has 0 aliphatic heterocycles. The van der Waals surface area contributed by atoms with Crippen molar-refractivity contribution >= 4 is 42.2 Å². The summed E-state index contributed by atoms with van der Waals surface area (Å²) in [7, 11) is -0.604. The third-order valence-corrected chi connectivity index (χ3v) is 0. The summed E-state index contributed by atoms with van der Waals surface area (Å²) in [5.74, 6) is 0. The molecule has 0 radical (unpaired) electrons. The van der Waals surface area contributed by atoms with Crippen LogP contribution in [0.15, 0.2) is 0 Å². The first-order valence-corrected chi connectivity index (χ1v) is 9.92. The van der Waals surface area contributed by atoms with Crippen LogP contribution in [0.2, 0.25) is 0 Å². The van der Waals surface area contributed by atoms with Crippen molar-refractivity contribution < 1.29 is 30.6 Å². The van der Waals surface area contributed by atoms with Gasteiger partial charge in [-0.3, -0.25) is 0 Å². The Kier molecular flexibility index (Phi) is 95.5. The second kappa shape index (κ2) is 23.2. The molecule has 0 saturated carbocycles. The zero-order valence-electron chi connectivity index (χ0n) is 3.54. The molecule has 8 N–H and O–H groups in total. The summed E-state index contributed by atoms with van der Waals surface area (Å²) in [5.41, 5.74) is 0. The van der Waals surface area contributed by atoms with Crippen LogP contribution < -0.4 is 0 Å². The Labute approximate surface area is 72.2 Å². The van der Waals surface area contributed by atoms with Gasteiger partial charge in [0.25, 0.3) is 0 Å². The molecule has 8 heteroatoms. The van der Waals surface area contributed by atoms with E-state index in [-0.39, 0.29) is 21.9 Å². The predicted molar refractivity (Wildman–Crippen MR) is 41.2 cm³/mol. The summed E-state index contributed by atoms with van der Waals surface area (Å²) in [6, 6.07) is 0. The van der Waals surface area contributed by atoms with Gasteiger partial charge in [-0.15, -0.1) is 0 Å². The fourth-order valence-electron chi connectivity index (χ4n) is 0. The fraction of sp³-hybridized carbons (Fsp3) is 0. The summed E-state index contributed by atoms with van der Waals surface area (Å²) in [6.07, 6.45) is 0. The fourth-order valence-corrected chi connectivity index (χ4v) is 0. The van der Waals surface area contributed by atoms with Gasteiger partial charge in [0.1, 0.15) is 0 Å². The van der Waals surface area contributed by atoms with Gasteiger partial charge >= 0.3 is 50.8 Å². The standard InChI is InChI=1S/3BrH.Cr.4H2O/h3*1H;;4*1H2/q;;;+3;;;;/p-3. The minimum absolute atomic E-state index is 0. The molecule has 0 atom stereocenters. The molecule has 0 aliphatic rings. The molecule has 0 aromatic rings. The van der Waals surface area contributed by atoms with Gasteiger partial charge in [-0.1, -0.05) is 0 Å². The molecule has 0 rings (SSSR count). The van der Waals surface area contributed by atoms with E-state index in [1.54, 1.807) is 0 Å². The van der Waals surface area contributed by atoms with E-state index < -0.39 is 8.67 Å². The first kappa shape index (κ1) is 32.9. The Bertz CT molecular complexity index is 16.0. The molecule has 0 aromatic heterocycles. The molecular formula is H8Br3CrO4. The monoisotopic (exact) mass is 361 g/mol. The van der Waals surface area contributed by atoms with Gasteiger partial charge in [0, 0.05) is 0 Å². The molecule has 0 amide bonds. The number of hydrogen-bond acceptors (Lipinski definition) is 0. The van der Waals surface area contributed by atoms with Gasteiger partial charge in [0.05, 0.1) is 0 Å². The molecule has 0 unspecified atom stereocenters. The van der Waals surface area contributed by atoms with Crippen molar-refractivity contribution in [3.8, 4) is 0 Å². The normalized spacial score (nSPS) is 4.50. The number of halogens is 3. The van der Waals surface area contributed by atoms with Crippen LogP contribution in [0, 0.1) is 0 Å². The summed E-state index contributed by atoms with van der Waals surface area (Å²) in [4.78, 5) is 0. The van der Waals surface area contributed by atoms with Gasteiger partial charge in [-0.2, -0.15) is 0 Å². The first-order valence-electron chi connectivity index (χ1n) is 0.463. The zero-order chi connectivity index (χ0) is 3.58. The third-order valence-electron chi connectivity index (χ3n) is 0. The van der Waals surface area contributed by atoms with Gasteiger partial charge < -0.3 is 21.9 Å². The van der Waals surface area contributed by atoms with Crippen molar-refractivity contribution in [2.45, 2.75) is 0 Å². The van der Waals surface area contributed by atoms with Crippen LogP contribution in [0.25, 0.3) is 0 Å². The first-order chi connectivity index (χ1) is 1.73. The van der Waals surface area contributed by atoms with Crippen molar-refractivity contribution in [3.63, 3.8) is 0 Å². The second-order valence-electron chi connectivity index (χ2n) is 0.175. The maximum absolute atomic E-state index is 3.23. The molecule has 0 aliphatic carbocycles. The molecule has 0 bridgehead atoms. The van der Waals surface area contributed by atoms with Crippen molar-refractivity contribution in [1.82, 2.24) is 0 Å². The Morgan fingerprint density at radius 3 is 0.625 bits per heavy atom. The average molecular weight is 364 g/mol. The van der Waals surface area contributed by atoms with E-state index in [1.165, 1.54) is 0 Å². The van der Waals surface area contributed by atoms with E-state index in [0.717, 1.165) is 0 Å². The van der Waals surface area contributed by atoms with E-state index >= 15 is 0 Å². The van der Waals surface area contributed by atoms with Crippen LogP contribution >= 0.6 is 42.2 Å². The molecule has 0 saturated heterocycles. The Balaban J connectivity index is -0.00000000750. The zero-order valence-corrected chi connectivity index (χ0v) is 9.58. The summed E-state index contributed by atoms with van der Waals surface area (Å²) in [6.45, 7) is 0. The number of rotatable bonds is 0. The van der Waals surface area contributed by atoms with Crippen LogP contribution in [-0.4, -0.2) is 21.9 Å². The van der Waals surface area contributed by atoms with Crippen LogP contribution in [0.3, 0.4) is 0 Å². The van der Waals surface area contributed by atoms with Crippen LogP contribution in [0.1, 0.15) is 0 Å². The Hall–Kier alpha value is 1.81. The van der Waals surface area contributed by atoms with Crippen molar-refractivity contribution in [1.29, 1.82) is 0 Å². The SMILES string of the molecule is O.O.O.O.[Br][Cr]([Br])[Br]. The third kappa shape index (κ3) is 110. The van der Waals surface area contributed by atoms with E-state index in [0.29, 0.717) is 0 Å². The van der Waals surface area contributed by atoms with Crippen LogP contribution in [0.4, 0.5) is 0 Å². The molecule has 4 nitrogen and oxygen atoms in total. The molecule has 0 heterocycles. The second-order valence-corrected chi connectivity index (χ2v) is 19.5. The quantitative estimate of drug-likeness (QED) is 0.536. The van der Waals surface area contributed by atoms with E-state index in [1.807, 2.05) is 0 Å². The van der Waals surface area contributed by atoms with E-state index in [2.05, 4.69) is 42.2 Å². The van der Waals surface area contributed by atoms with Gasteiger partial charge in [0.2, 0.25) is 0 Å². The van der Waals surface area contributed by atoms with Crippen molar-refractivity contribution in [3.05, 3.63) is 0 Å². The van der Waals surface area contributed by atoms with Crippen LogP contribution in [0.5, 0.6) is 0 Å². The Morgan fingerprint density at radius 2 is 0.625 bits per heavy atom. The van der Waals surface area contributed by atoms with Gasteiger partial charge in [-0.25, -0.2) is 0 Å². The van der Waals surface area contributed by atoms with Crippen molar-refractivity contribution in [2.24, 2.45) is 0 Å².